The highest BCUT2D eigenvalue weighted by molar-refractivity contribution is 6.30. The Morgan fingerprint density at radius 1 is 1.27 bits per heavy atom. The molecule has 0 saturated carbocycles. The van der Waals surface area contributed by atoms with E-state index in [1.54, 1.807) is 0 Å². The predicted molar refractivity (Wildman–Crippen MR) is 65.8 cm³/mol. The van der Waals surface area contributed by atoms with Crippen LogP contribution in [0.15, 0.2) is 12.1 Å². The normalized spacial score (nSPS) is 11.8. The lowest BCUT2D eigenvalue weighted by atomic mass is 9.80. The molecule has 0 heterocycles. The summed E-state index contributed by atoms with van der Waals surface area (Å²) in [6.45, 7) is 8.38. The predicted octanol–water partition coefficient (Wildman–Crippen LogP) is 4.30. The van der Waals surface area contributed by atoms with E-state index in [-0.39, 0.29) is 5.41 Å². The first kappa shape index (κ1) is 12.4. The van der Waals surface area contributed by atoms with Crippen molar-refractivity contribution >= 4 is 11.6 Å². The standard InChI is InChI=1S/C13H19ClO/c1-5-9-7-10(14)8-11(12(9)15)13(3,4)6-2/h7-8,15H,5-6H2,1-4H3. The molecule has 84 valence electrons. The Morgan fingerprint density at radius 3 is 2.33 bits per heavy atom. The van der Waals surface area contributed by atoms with Crippen molar-refractivity contribution in [2.24, 2.45) is 0 Å². The van der Waals surface area contributed by atoms with Crippen LogP contribution >= 0.6 is 11.6 Å². The number of benzene rings is 1. The molecule has 2 heteroatoms. The molecule has 0 bridgehead atoms. The van der Waals surface area contributed by atoms with Crippen molar-refractivity contribution in [1.29, 1.82) is 0 Å². The third kappa shape index (κ3) is 2.46. The largest absolute Gasteiger partial charge is 0.507 e. The van der Waals surface area contributed by atoms with E-state index in [4.69, 9.17) is 11.6 Å². The van der Waals surface area contributed by atoms with Gasteiger partial charge in [0.2, 0.25) is 0 Å². The van der Waals surface area contributed by atoms with Crippen LogP contribution in [0.25, 0.3) is 0 Å². The molecule has 0 radical (unpaired) electrons. The van der Waals surface area contributed by atoms with E-state index in [0.29, 0.717) is 10.8 Å². The van der Waals surface area contributed by atoms with E-state index in [2.05, 4.69) is 20.8 Å². The molecule has 0 aliphatic rings. The summed E-state index contributed by atoms with van der Waals surface area (Å²) < 4.78 is 0. The van der Waals surface area contributed by atoms with Gasteiger partial charge in [-0.05, 0) is 36.0 Å². The zero-order valence-corrected chi connectivity index (χ0v) is 10.7. The fourth-order valence-corrected chi connectivity index (χ4v) is 1.87. The SMILES string of the molecule is CCc1cc(Cl)cc(C(C)(C)CC)c1O. The maximum absolute atomic E-state index is 10.1. The van der Waals surface area contributed by atoms with Gasteiger partial charge in [0.05, 0.1) is 0 Å². The second-order valence-electron chi connectivity index (χ2n) is 4.55. The van der Waals surface area contributed by atoms with Crippen LogP contribution in [0, 0.1) is 0 Å². The van der Waals surface area contributed by atoms with Crippen molar-refractivity contribution in [3.63, 3.8) is 0 Å². The third-order valence-electron chi connectivity index (χ3n) is 3.15. The van der Waals surface area contributed by atoms with Gasteiger partial charge in [0.15, 0.2) is 0 Å². The number of hydrogen-bond acceptors (Lipinski definition) is 1. The Balaban J connectivity index is 3.35. The van der Waals surface area contributed by atoms with Crippen molar-refractivity contribution in [2.45, 2.75) is 46.0 Å². The first-order valence-corrected chi connectivity index (χ1v) is 5.82. The molecule has 0 saturated heterocycles. The first-order valence-electron chi connectivity index (χ1n) is 5.44. The van der Waals surface area contributed by atoms with Gasteiger partial charge in [0, 0.05) is 10.6 Å². The average Bonchev–Trinajstić information content (AvgIpc) is 2.20. The summed E-state index contributed by atoms with van der Waals surface area (Å²) in [6, 6.07) is 3.71. The van der Waals surface area contributed by atoms with Crippen molar-refractivity contribution in [3.05, 3.63) is 28.3 Å². The van der Waals surface area contributed by atoms with Crippen molar-refractivity contribution in [1.82, 2.24) is 0 Å². The molecule has 1 rings (SSSR count). The van der Waals surface area contributed by atoms with Crippen LogP contribution in [-0.4, -0.2) is 5.11 Å². The van der Waals surface area contributed by atoms with Crippen LogP contribution in [0.1, 0.15) is 45.2 Å². The van der Waals surface area contributed by atoms with Crippen molar-refractivity contribution in [3.8, 4) is 5.75 Å². The molecule has 1 aromatic carbocycles. The molecular weight excluding hydrogens is 208 g/mol. The monoisotopic (exact) mass is 226 g/mol. The van der Waals surface area contributed by atoms with E-state index >= 15 is 0 Å². The number of hydrogen-bond donors (Lipinski definition) is 1. The van der Waals surface area contributed by atoms with Crippen LogP contribution in [0.5, 0.6) is 5.75 Å². The van der Waals surface area contributed by atoms with E-state index in [0.717, 1.165) is 24.0 Å². The number of phenolic OH excluding ortho intramolecular Hbond substituents is 1. The van der Waals surface area contributed by atoms with Gasteiger partial charge in [-0.3, -0.25) is 0 Å². The minimum absolute atomic E-state index is 0.0289. The average molecular weight is 227 g/mol. The van der Waals surface area contributed by atoms with Crippen molar-refractivity contribution < 1.29 is 5.11 Å². The number of aromatic hydroxyl groups is 1. The van der Waals surface area contributed by atoms with Gasteiger partial charge in [0.25, 0.3) is 0 Å². The highest BCUT2D eigenvalue weighted by atomic mass is 35.5. The third-order valence-corrected chi connectivity index (χ3v) is 3.37. The summed E-state index contributed by atoms with van der Waals surface area (Å²) in [7, 11) is 0. The molecule has 0 fully saturated rings. The van der Waals surface area contributed by atoms with E-state index < -0.39 is 0 Å². The van der Waals surface area contributed by atoms with Crippen LogP contribution in [0.4, 0.5) is 0 Å². The second kappa shape index (κ2) is 4.44. The highest BCUT2D eigenvalue weighted by Crippen LogP contribution is 2.37. The highest BCUT2D eigenvalue weighted by Gasteiger charge is 2.23. The molecule has 15 heavy (non-hydrogen) atoms. The molecule has 0 amide bonds. The smallest absolute Gasteiger partial charge is 0.122 e. The van der Waals surface area contributed by atoms with Crippen LogP contribution in [0.2, 0.25) is 5.02 Å². The maximum Gasteiger partial charge on any atom is 0.122 e. The summed E-state index contributed by atoms with van der Waals surface area (Å²) in [5.41, 5.74) is 1.85. The fourth-order valence-electron chi connectivity index (χ4n) is 1.63. The lowest BCUT2D eigenvalue weighted by molar-refractivity contribution is 0.424. The Bertz CT molecular complexity index is 356. The Hall–Kier alpha value is -0.690. The fraction of sp³-hybridized carbons (Fsp3) is 0.538. The molecule has 1 aromatic rings. The zero-order chi connectivity index (χ0) is 11.6. The van der Waals surface area contributed by atoms with Gasteiger partial charge < -0.3 is 5.11 Å². The van der Waals surface area contributed by atoms with Gasteiger partial charge in [-0.25, -0.2) is 0 Å². The van der Waals surface area contributed by atoms with Gasteiger partial charge in [-0.2, -0.15) is 0 Å². The summed E-state index contributed by atoms with van der Waals surface area (Å²) in [6.07, 6.45) is 1.78. The van der Waals surface area contributed by atoms with E-state index in [9.17, 15) is 5.11 Å². The number of rotatable bonds is 3. The number of phenols is 1. The van der Waals surface area contributed by atoms with Crippen LogP contribution in [0.3, 0.4) is 0 Å². The van der Waals surface area contributed by atoms with Gasteiger partial charge in [-0.1, -0.05) is 39.3 Å². The Kier molecular flexibility index (Phi) is 3.67. The zero-order valence-electron chi connectivity index (χ0n) is 9.89. The number of aryl methyl sites for hydroxylation is 1. The number of halogens is 1. The lowest BCUT2D eigenvalue weighted by Crippen LogP contribution is -2.16. The van der Waals surface area contributed by atoms with E-state index in [1.165, 1.54) is 0 Å². The molecular formula is C13H19ClO. The molecule has 0 atom stereocenters. The minimum atomic E-state index is -0.0289. The molecule has 0 spiro atoms. The minimum Gasteiger partial charge on any atom is -0.507 e. The molecule has 1 nitrogen and oxygen atoms in total. The molecule has 0 aliphatic heterocycles. The quantitative estimate of drug-likeness (QED) is 0.815. The van der Waals surface area contributed by atoms with E-state index in [1.807, 2.05) is 19.1 Å². The summed E-state index contributed by atoms with van der Waals surface area (Å²) in [5, 5.41) is 10.8. The second-order valence-corrected chi connectivity index (χ2v) is 4.99. The molecule has 0 aromatic heterocycles. The Morgan fingerprint density at radius 2 is 1.87 bits per heavy atom. The molecule has 0 unspecified atom stereocenters. The Labute approximate surface area is 97.1 Å². The van der Waals surface area contributed by atoms with Gasteiger partial charge in [0.1, 0.15) is 5.75 Å². The summed E-state index contributed by atoms with van der Waals surface area (Å²) in [4.78, 5) is 0. The summed E-state index contributed by atoms with van der Waals surface area (Å²) >= 11 is 6.05. The summed E-state index contributed by atoms with van der Waals surface area (Å²) in [5.74, 6) is 0.411. The first-order chi connectivity index (χ1) is 6.92. The topological polar surface area (TPSA) is 20.2 Å². The van der Waals surface area contributed by atoms with Crippen LogP contribution < -0.4 is 0 Å². The maximum atomic E-state index is 10.1. The van der Waals surface area contributed by atoms with Crippen LogP contribution in [-0.2, 0) is 11.8 Å². The molecule has 0 aliphatic carbocycles. The van der Waals surface area contributed by atoms with Gasteiger partial charge in [-0.15, -0.1) is 0 Å². The van der Waals surface area contributed by atoms with Crippen molar-refractivity contribution in [2.75, 3.05) is 0 Å². The lowest BCUT2D eigenvalue weighted by Gasteiger charge is -2.25. The molecule has 1 N–H and O–H groups in total. The van der Waals surface area contributed by atoms with Gasteiger partial charge >= 0.3 is 0 Å².